The molecule has 0 spiro atoms. The van der Waals surface area contributed by atoms with Gasteiger partial charge >= 0.3 is 0 Å². The summed E-state index contributed by atoms with van der Waals surface area (Å²) >= 11 is 6.43. The van der Waals surface area contributed by atoms with Crippen LogP contribution < -0.4 is 4.74 Å². The first-order valence-corrected chi connectivity index (χ1v) is 10.9. The van der Waals surface area contributed by atoms with Crippen LogP contribution in [0.5, 0.6) is 5.75 Å². The van der Waals surface area contributed by atoms with E-state index < -0.39 is 4.92 Å². The number of ether oxygens (including phenoxy) is 1. The van der Waals surface area contributed by atoms with Crippen molar-refractivity contribution in [1.29, 1.82) is 0 Å². The number of carbonyl (C=O) groups is 1. The zero-order valence-corrected chi connectivity index (χ0v) is 18.5. The van der Waals surface area contributed by atoms with Crippen molar-refractivity contribution >= 4 is 56.7 Å². The van der Waals surface area contributed by atoms with Crippen molar-refractivity contribution in [3.63, 3.8) is 0 Å². The Balaban J connectivity index is 1.67. The third-order valence-corrected chi connectivity index (χ3v) is 6.32. The van der Waals surface area contributed by atoms with Crippen molar-refractivity contribution in [2.75, 3.05) is 6.54 Å². The molecule has 1 aliphatic heterocycles. The summed E-state index contributed by atoms with van der Waals surface area (Å²) in [6.45, 7) is 4.23. The number of non-ortho nitro benzene ring substituents is 1. The fourth-order valence-electron chi connectivity index (χ4n) is 3.40. The summed E-state index contributed by atoms with van der Waals surface area (Å²) in [6, 6.07) is 18.3. The normalized spacial score (nSPS) is 14.9. The maximum absolute atomic E-state index is 12.7. The van der Waals surface area contributed by atoms with Gasteiger partial charge in [-0.05, 0) is 28.5 Å². The first-order chi connectivity index (χ1) is 15.5. The number of fused-ring (bicyclic) bond motifs is 1. The largest absolute Gasteiger partial charge is 0.488 e. The zero-order valence-electron chi connectivity index (χ0n) is 16.9. The standard InChI is InChI=1S/C24H18N2O4S2/c1-2-12-25-23(27)22(32-24(25)31)14-18-13-19(26(28)29)10-11-21(18)30-15-17-8-5-7-16-6-3-4-9-20(16)17/h2-11,13-14H,1,12,15H2/b22-14+. The van der Waals surface area contributed by atoms with Crippen LogP contribution in [0.4, 0.5) is 5.69 Å². The van der Waals surface area contributed by atoms with E-state index in [1.165, 1.54) is 17.0 Å². The van der Waals surface area contributed by atoms with Gasteiger partial charge in [-0.3, -0.25) is 19.8 Å². The number of nitro benzene ring substituents is 1. The molecule has 0 aromatic heterocycles. The minimum Gasteiger partial charge on any atom is -0.488 e. The molecule has 0 saturated carbocycles. The van der Waals surface area contributed by atoms with Crippen molar-refractivity contribution in [3.8, 4) is 5.75 Å². The molecule has 1 saturated heterocycles. The monoisotopic (exact) mass is 462 g/mol. The minimum atomic E-state index is -0.477. The van der Waals surface area contributed by atoms with Gasteiger partial charge in [0.25, 0.3) is 11.6 Å². The highest BCUT2D eigenvalue weighted by atomic mass is 32.2. The summed E-state index contributed by atoms with van der Waals surface area (Å²) in [7, 11) is 0. The number of thioether (sulfide) groups is 1. The summed E-state index contributed by atoms with van der Waals surface area (Å²) in [4.78, 5) is 25.3. The van der Waals surface area contributed by atoms with Crippen molar-refractivity contribution in [3.05, 3.63) is 99.5 Å². The molecule has 8 heteroatoms. The molecule has 0 bridgehead atoms. The first-order valence-electron chi connectivity index (χ1n) is 9.72. The molecule has 1 aliphatic rings. The molecule has 6 nitrogen and oxygen atoms in total. The number of hydrogen-bond donors (Lipinski definition) is 0. The van der Waals surface area contributed by atoms with Crippen molar-refractivity contribution in [1.82, 2.24) is 4.90 Å². The number of thiocarbonyl (C=S) groups is 1. The molecule has 3 aromatic carbocycles. The summed E-state index contributed by atoms with van der Waals surface area (Å²) in [5, 5.41) is 13.5. The molecular formula is C24H18N2O4S2. The van der Waals surface area contributed by atoms with Gasteiger partial charge in [-0.2, -0.15) is 0 Å². The number of nitrogens with zero attached hydrogens (tertiary/aromatic N) is 2. The third-order valence-electron chi connectivity index (χ3n) is 4.94. The van der Waals surface area contributed by atoms with Gasteiger partial charge < -0.3 is 4.74 Å². The number of benzene rings is 3. The highest BCUT2D eigenvalue weighted by Crippen LogP contribution is 2.35. The first kappa shape index (κ1) is 21.7. The Morgan fingerprint density at radius 3 is 2.72 bits per heavy atom. The quantitative estimate of drug-likeness (QED) is 0.147. The smallest absolute Gasteiger partial charge is 0.270 e. The van der Waals surface area contributed by atoms with Crippen LogP contribution in [-0.4, -0.2) is 26.6 Å². The number of nitro groups is 1. The van der Waals surface area contributed by atoms with Crippen LogP contribution in [0.1, 0.15) is 11.1 Å². The van der Waals surface area contributed by atoms with Gasteiger partial charge in [0.15, 0.2) is 0 Å². The van der Waals surface area contributed by atoms with Gasteiger partial charge in [0.1, 0.15) is 16.7 Å². The van der Waals surface area contributed by atoms with Crippen LogP contribution in [0.3, 0.4) is 0 Å². The van der Waals surface area contributed by atoms with E-state index in [1.807, 2.05) is 42.5 Å². The summed E-state index contributed by atoms with van der Waals surface area (Å²) in [6.07, 6.45) is 3.19. The predicted octanol–water partition coefficient (Wildman–Crippen LogP) is 5.71. The molecule has 0 N–H and O–H groups in total. The Kier molecular flexibility index (Phi) is 6.34. The molecule has 0 atom stereocenters. The Labute approximate surface area is 194 Å². The van der Waals surface area contributed by atoms with E-state index in [4.69, 9.17) is 17.0 Å². The molecule has 1 heterocycles. The van der Waals surface area contributed by atoms with Crippen molar-refractivity contribution in [2.45, 2.75) is 6.61 Å². The third kappa shape index (κ3) is 4.42. The maximum Gasteiger partial charge on any atom is 0.270 e. The lowest BCUT2D eigenvalue weighted by molar-refractivity contribution is -0.384. The van der Waals surface area contributed by atoms with Crippen LogP contribution in [0.15, 0.2) is 78.2 Å². The van der Waals surface area contributed by atoms with Gasteiger partial charge in [-0.15, -0.1) is 6.58 Å². The van der Waals surface area contributed by atoms with Crippen LogP contribution >= 0.6 is 24.0 Å². The van der Waals surface area contributed by atoms with Gasteiger partial charge in [0, 0.05) is 24.2 Å². The lowest BCUT2D eigenvalue weighted by atomic mass is 10.1. The molecule has 32 heavy (non-hydrogen) atoms. The fraction of sp³-hybridized carbons (Fsp3) is 0.0833. The van der Waals surface area contributed by atoms with Gasteiger partial charge in [-0.25, -0.2) is 0 Å². The van der Waals surface area contributed by atoms with Crippen LogP contribution in [0, 0.1) is 10.1 Å². The van der Waals surface area contributed by atoms with Gasteiger partial charge in [-0.1, -0.05) is 72.5 Å². The average molecular weight is 463 g/mol. The van der Waals surface area contributed by atoms with E-state index in [1.54, 1.807) is 18.2 Å². The van der Waals surface area contributed by atoms with Crippen molar-refractivity contribution in [2.24, 2.45) is 0 Å². The molecule has 1 amide bonds. The minimum absolute atomic E-state index is 0.0877. The molecular weight excluding hydrogens is 444 g/mol. The molecule has 1 fully saturated rings. The van der Waals surface area contributed by atoms with Crippen LogP contribution in [-0.2, 0) is 11.4 Å². The maximum atomic E-state index is 12.7. The molecule has 0 aliphatic carbocycles. The topological polar surface area (TPSA) is 72.7 Å². The Hall–Kier alpha value is -3.49. The number of hydrogen-bond acceptors (Lipinski definition) is 6. The predicted molar refractivity (Wildman–Crippen MR) is 131 cm³/mol. The van der Waals surface area contributed by atoms with Crippen molar-refractivity contribution < 1.29 is 14.5 Å². The number of rotatable bonds is 7. The second-order valence-electron chi connectivity index (χ2n) is 6.99. The second-order valence-corrected chi connectivity index (χ2v) is 8.66. The van der Waals surface area contributed by atoms with E-state index in [0.29, 0.717) is 27.1 Å². The van der Waals surface area contributed by atoms with E-state index in [9.17, 15) is 14.9 Å². The summed E-state index contributed by atoms with van der Waals surface area (Å²) in [5.41, 5.74) is 1.35. The average Bonchev–Trinajstić information content (AvgIpc) is 3.05. The molecule has 4 rings (SSSR count). The van der Waals surface area contributed by atoms with Crippen LogP contribution in [0.2, 0.25) is 0 Å². The molecule has 0 unspecified atom stereocenters. The lowest BCUT2D eigenvalue weighted by Crippen LogP contribution is -2.27. The molecule has 0 radical (unpaired) electrons. The van der Waals surface area contributed by atoms with E-state index in [-0.39, 0.29) is 18.2 Å². The Bertz CT molecular complexity index is 1280. The fourth-order valence-corrected chi connectivity index (χ4v) is 4.66. The summed E-state index contributed by atoms with van der Waals surface area (Å²) < 4.78 is 6.48. The lowest BCUT2D eigenvalue weighted by Gasteiger charge is -2.12. The van der Waals surface area contributed by atoms with Gasteiger partial charge in [0.05, 0.1) is 9.83 Å². The number of carbonyl (C=O) groups excluding carboxylic acids is 1. The molecule has 160 valence electrons. The molecule has 3 aromatic rings. The SMILES string of the molecule is C=CCN1C(=O)/C(=C\c2cc([N+](=O)[O-])ccc2OCc2cccc3ccccc23)SC1=S. The number of amides is 1. The van der Waals surface area contributed by atoms with E-state index >= 15 is 0 Å². The highest BCUT2D eigenvalue weighted by molar-refractivity contribution is 8.26. The van der Waals surface area contributed by atoms with Crippen LogP contribution in [0.25, 0.3) is 16.8 Å². The second kappa shape index (κ2) is 9.33. The van der Waals surface area contributed by atoms with Gasteiger partial charge in [0.2, 0.25) is 0 Å². The highest BCUT2D eigenvalue weighted by Gasteiger charge is 2.31. The zero-order chi connectivity index (χ0) is 22.7. The summed E-state index contributed by atoms with van der Waals surface area (Å²) in [5.74, 6) is 0.184. The Morgan fingerprint density at radius 1 is 1.16 bits per heavy atom. The van der Waals surface area contributed by atoms with E-state index in [0.717, 1.165) is 28.1 Å². The Morgan fingerprint density at radius 2 is 1.94 bits per heavy atom. The van der Waals surface area contributed by atoms with E-state index in [2.05, 4.69) is 6.58 Å².